The van der Waals surface area contributed by atoms with Crippen LogP contribution >= 0.6 is 0 Å². The lowest BCUT2D eigenvalue weighted by atomic mass is 10.1. The Morgan fingerprint density at radius 2 is 2.00 bits per heavy atom. The van der Waals surface area contributed by atoms with Crippen molar-refractivity contribution < 1.29 is 0 Å². The zero-order valence-corrected chi connectivity index (χ0v) is 11.2. The third-order valence-corrected chi connectivity index (χ3v) is 3.07. The number of benzene rings is 1. The van der Waals surface area contributed by atoms with Crippen LogP contribution in [0.2, 0.25) is 0 Å². The van der Waals surface area contributed by atoms with Crippen LogP contribution in [0, 0.1) is 25.2 Å². The van der Waals surface area contributed by atoms with Crippen LogP contribution in [0.3, 0.4) is 0 Å². The summed E-state index contributed by atoms with van der Waals surface area (Å²) in [4.78, 5) is 0. The molecular weight excluding hydrogens is 222 g/mol. The molecule has 0 radical (unpaired) electrons. The van der Waals surface area contributed by atoms with Gasteiger partial charge in [-0.1, -0.05) is 26.0 Å². The molecule has 0 spiro atoms. The molecule has 92 valence electrons. The summed E-state index contributed by atoms with van der Waals surface area (Å²) in [5.74, 6) is 0.266. The van der Waals surface area contributed by atoms with E-state index in [4.69, 9.17) is 5.26 Å². The Hall–Kier alpha value is -2.08. The van der Waals surface area contributed by atoms with Crippen molar-refractivity contribution >= 4 is 0 Å². The van der Waals surface area contributed by atoms with Crippen LogP contribution in [0.5, 0.6) is 0 Å². The Labute approximate surface area is 108 Å². The maximum Gasteiger partial charge on any atom is 0.103 e. The van der Waals surface area contributed by atoms with Crippen LogP contribution in [0.4, 0.5) is 0 Å². The lowest BCUT2D eigenvalue weighted by Gasteiger charge is -2.13. The fourth-order valence-corrected chi connectivity index (χ4v) is 2.14. The Morgan fingerprint density at radius 1 is 1.28 bits per heavy atom. The van der Waals surface area contributed by atoms with Crippen molar-refractivity contribution in [3.05, 3.63) is 46.8 Å². The van der Waals surface area contributed by atoms with Crippen LogP contribution in [-0.4, -0.2) is 9.78 Å². The molecule has 0 aliphatic rings. The summed E-state index contributed by atoms with van der Waals surface area (Å²) in [6.07, 6.45) is 1.65. The minimum Gasteiger partial charge on any atom is -0.236 e. The Balaban J connectivity index is 2.68. The summed E-state index contributed by atoms with van der Waals surface area (Å²) >= 11 is 0. The highest BCUT2D eigenvalue weighted by molar-refractivity contribution is 5.46. The Kier molecular flexibility index (Phi) is 3.20. The van der Waals surface area contributed by atoms with Gasteiger partial charge in [-0.05, 0) is 37.0 Å². The van der Waals surface area contributed by atoms with Gasteiger partial charge in [-0.15, -0.1) is 0 Å². The van der Waals surface area contributed by atoms with Gasteiger partial charge in [0.2, 0.25) is 0 Å². The van der Waals surface area contributed by atoms with Gasteiger partial charge < -0.3 is 0 Å². The fourth-order valence-electron chi connectivity index (χ4n) is 2.14. The van der Waals surface area contributed by atoms with Crippen molar-refractivity contribution in [1.29, 1.82) is 5.26 Å². The van der Waals surface area contributed by atoms with Crippen LogP contribution in [0.15, 0.2) is 24.4 Å². The van der Waals surface area contributed by atoms with E-state index in [1.165, 1.54) is 5.56 Å². The number of hydrogen-bond donors (Lipinski definition) is 0. The predicted octanol–water partition coefficient (Wildman–Crippen LogP) is 3.48. The summed E-state index contributed by atoms with van der Waals surface area (Å²) in [5, 5.41) is 13.5. The summed E-state index contributed by atoms with van der Waals surface area (Å²) in [7, 11) is 0. The van der Waals surface area contributed by atoms with Gasteiger partial charge in [-0.2, -0.15) is 10.4 Å². The molecule has 0 saturated carbocycles. The molecule has 1 aromatic heterocycles. The minimum absolute atomic E-state index is 0.266. The number of hydrogen-bond acceptors (Lipinski definition) is 2. The molecule has 3 nitrogen and oxygen atoms in total. The van der Waals surface area contributed by atoms with Crippen LogP contribution in [0.25, 0.3) is 5.69 Å². The molecule has 1 aromatic carbocycles. The van der Waals surface area contributed by atoms with Gasteiger partial charge in [0, 0.05) is 0 Å². The van der Waals surface area contributed by atoms with Gasteiger partial charge in [0.25, 0.3) is 0 Å². The largest absolute Gasteiger partial charge is 0.236 e. The predicted molar refractivity (Wildman–Crippen MR) is 71.8 cm³/mol. The first-order chi connectivity index (χ1) is 8.54. The molecule has 0 saturated heterocycles. The van der Waals surface area contributed by atoms with Crippen molar-refractivity contribution in [2.75, 3.05) is 0 Å². The summed E-state index contributed by atoms with van der Waals surface area (Å²) in [6.45, 7) is 8.29. The summed E-state index contributed by atoms with van der Waals surface area (Å²) < 4.78 is 1.89. The second-order valence-corrected chi connectivity index (χ2v) is 4.91. The molecule has 0 aliphatic carbocycles. The van der Waals surface area contributed by atoms with Gasteiger partial charge >= 0.3 is 0 Å². The number of nitrogens with zero attached hydrogens (tertiary/aromatic N) is 3. The molecule has 2 aromatic rings. The quantitative estimate of drug-likeness (QED) is 0.805. The molecule has 0 aliphatic heterocycles. The SMILES string of the molecule is Cc1ccc(C)c(-n2ncc(C#N)c2C(C)C)c1. The van der Waals surface area contributed by atoms with E-state index in [-0.39, 0.29) is 5.92 Å². The monoisotopic (exact) mass is 239 g/mol. The van der Waals surface area contributed by atoms with Crippen molar-refractivity contribution in [2.24, 2.45) is 0 Å². The lowest BCUT2D eigenvalue weighted by molar-refractivity contribution is 0.729. The van der Waals surface area contributed by atoms with E-state index in [2.05, 4.69) is 57.1 Å². The van der Waals surface area contributed by atoms with Gasteiger partial charge in [0.15, 0.2) is 0 Å². The molecule has 2 rings (SSSR count). The zero-order valence-electron chi connectivity index (χ0n) is 11.2. The topological polar surface area (TPSA) is 41.6 Å². The van der Waals surface area contributed by atoms with Crippen molar-refractivity contribution in [1.82, 2.24) is 9.78 Å². The Morgan fingerprint density at radius 3 is 2.61 bits per heavy atom. The first-order valence-corrected chi connectivity index (χ1v) is 6.10. The first kappa shape index (κ1) is 12.4. The molecule has 0 amide bonds. The molecule has 0 bridgehead atoms. The van der Waals surface area contributed by atoms with E-state index in [0.29, 0.717) is 5.56 Å². The third-order valence-electron chi connectivity index (χ3n) is 3.07. The van der Waals surface area contributed by atoms with Crippen molar-refractivity contribution in [3.63, 3.8) is 0 Å². The van der Waals surface area contributed by atoms with Crippen LogP contribution in [0.1, 0.15) is 42.1 Å². The lowest BCUT2D eigenvalue weighted by Crippen LogP contribution is -2.06. The highest BCUT2D eigenvalue weighted by atomic mass is 15.3. The molecule has 1 heterocycles. The van der Waals surface area contributed by atoms with Crippen molar-refractivity contribution in [3.8, 4) is 11.8 Å². The number of rotatable bonds is 2. The third kappa shape index (κ3) is 2.02. The van der Waals surface area contributed by atoms with Gasteiger partial charge in [0.05, 0.1) is 23.1 Å². The highest BCUT2D eigenvalue weighted by Gasteiger charge is 2.16. The molecule has 3 heteroatoms. The summed E-state index contributed by atoms with van der Waals surface area (Å²) in [5.41, 5.74) is 5.05. The van der Waals surface area contributed by atoms with E-state index < -0.39 is 0 Å². The van der Waals surface area contributed by atoms with E-state index in [1.807, 2.05) is 4.68 Å². The molecule has 0 unspecified atom stereocenters. The Bertz CT molecular complexity index is 615. The second kappa shape index (κ2) is 4.66. The first-order valence-electron chi connectivity index (χ1n) is 6.10. The van der Waals surface area contributed by atoms with Crippen LogP contribution in [-0.2, 0) is 0 Å². The minimum atomic E-state index is 0.266. The van der Waals surface area contributed by atoms with Gasteiger partial charge in [0.1, 0.15) is 6.07 Å². The fraction of sp³-hybridized carbons (Fsp3) is 0.333. The maximum atomic E-state index is 9.15. The van der Waals surface area contributed by atoms with Gasteiger partial charge in [-0.25, -0.2) is 4.68 Å². The van der Waals surface area contributed by atoms with Gasteiger partial charge in [-0.3, -0.25) is 0 Å². The van der Waals surface area contributed by atoms with E-state index in [9.17, 15) is 0 Å². The van der Waals surface area contributed by atoms with Crippen molar-refractivity contribution in [2.45, 2.75) is 33.6 Å². The summed E-state index contributed by atoms with van der Waals surface area (Å²) in [6, 6.07) is 8.50. The second-order valence-electron chi connectivity index (χ2n) is 4.91. The van der Waals surface area contributed by atoms with E-state index >= 15 is 0 Å². The smallest absolute Gasteiger partial charge is 0.103 e. The molecule has 0 fully saturated rings. The molecular formula is C15H17N3. The molecule has 0 N–H and O–H groups in total. The number of nitriles is 1. The average Bonchev–Trinajstić information content (AvgIpc) is 2.75. The highest BCUT2D eigenvalue weighted by Crippen LogP contribution is 2.24. The van der Waals surface area contributed by atoms with E-state index in [0.717, 1.165) is 16.9 Å². The standard InChI is InChI=1S/C15H17N3/c1-10(2)15-13(8-16)9-17-18(15)14-7-11(3)5-6-12(14)4/h5-7,9-10H,1-4H3. The zero-order chi connectivity index (χ0) is 13.3. The maximum absolute atomic E-state index is 9.15. The number of aryl methyl sites for hydroxylation is 2. The molecule has 18 heavy (non-hydrogen) atoms. The average molecular weight is 239 g/mol. The van der Waals surface area contributed by atoms with Crippen LogP contribution < -0.4 is 0 Å². The normalized spacial score (nSPS) is 10.7. The molecule has 0 atom stereocenters. The van der Waals surface area contributed by atoms with E-state index in [1.54, 1.807) is 6.20 Å². The number of aromatic nitrogens is 2.